The second kappa shape index (κ2) is 6.70. The van der Waals surface area contributed by atoms with Crippen molar-refractivity contribution in [1.29, 1.82) is 0 Å². The molecule has 1 atom stereocenters. The number of rotatable bonds is 4. The van der Waals surface area contributed by atoms with Crippen LogP contribution in [0.4, 0.5) is 13.2 Å². The predicted octanol–water partition coefficient (Wildman–Crippen LogP) is 2.37. The summed E-state index contributed by atoms with van der Waals surface area (Å²) in [7, 11) is 1.27. The molecule has 1 saturated heterocycles. The number of aromatic nitrogens is 2. The van der Waals surface area contributed by atoms with E-state index in [9.17, 15) is 22.8 Å². The fourth-order valence-electron chi connectivity index (χ4n) is 2.38. The third-order valence-corrected chi connectivity index (χ3v) is 3.67. The standard InChI is InChI=1S/C16H13F3N2O5/c1-24-12-8-21(10-4-2-3-9(7-10)16(17,18)19)20-13(12)15(23)26-11-5-6-25-14(11)22/h2-4,7-8,11H,5-6H2,1H3/t11-/m1/s1. The average Bonchev–Trinajstić information content (AvgIpc) is 3.21. The van der Waals surface area contributed by atoms with E-state index in [2.05, 4.69) is 5.10 Å². The summed E-state index contributed by atoms with van der Waals surface area (Å²) in [5, 5.41) is 3.94. The number of methoxy groups -OCH3 is 1. The fourth-order valence-corrected chi connectivity index (χ4v) is 2.38. The number of ether oxygens (including phenoxy) is 3. The minimum absolute atomic E-state index is 0.00113. The van der Waals surface area contributed by atoms with Gasteiger partial charge in [-0.15, -0.1) is 0 Å². The fraction of sp³-hybridized carbons (Fsp3) is 0.312. The van der Waals surface area contributed by atoms with Crippen LogP contribution in [-0.4, -0.2) is 41.5 Å². The third kappa shape index (κ3) is 3.48. The van der Waals surface area contributed by atoms with Crippen LogP contribution in [-0.2, 0) is 20.4 Å². The first kappa shape index (κ1) is 17.8. The van der Waals surface area contributed by atoms with E-state index in [0.29, 0.717) is 0 Å². The summed E-state index contributed by atoms with van der Waals surface area (Å²) in [4.78, 5) is 23.6. The molecule has 0 unspecified atom stereocenters. The maximum Gasteiger partial charge on any atom is 0.416 e. The number of nitrogens with zero attached hydrogens (tertiary/aromatic N) is 2. The number of alkyl halides is 3. The smallest absolute Gasteiger partial charge is 0.416 e. The summed E-state index contributed by atoms with van der Waals surface area (Å²) in [5.41, 5.74) is -1.04. The van der Waals surface area contributed by atoms with Crippen molar-refractivity contribution in [2.24, 2.45) is 0 Å². The first-order chi connectivity index (χ1) is 12.3. The van der Waals surface area contributed by atoms with Crippen molar-refractivity contribution in [2.45, 2.75) is 18.7 Å². The summed E-state index contributed by atoms with van der Waals surface area (Å²) >= 11 is 0. The Kier molecular flexibility index (Phi) is 4.58. The van der Waals surface area contributed by atoms with E-state index in [1.54, 1.807) is 0 Å². The molecule has 1 aliphatic rings. The third-order valence-electron chi connectivity index (χ3n) is 3.67. The number of cyclic esters (lactones) is 1. The van der Waals surface area contributed by atoms with Gasteiger partial charge in [-0.05, 0) is 18.2 Å². The summed E-state index contributed by atoms with van der Waals surface area (Å²) in [6, 6.07) is 4.42. The minimum Gasteiger partial charge on any atom is -0.493 e. The Morgan fingerprint density at radius 2 is 2.15 bits per heavy atom. The molecule has 0 aliphatic carbocycles. The number of hydrogen-bond acceptors (Lipinski definition) is 6. The van der Waals surface area contributed by atoms with E-state index >= 15 is 0 Å². The van der Waals surface area contributed by atoms with Crippen molar-refractivity contribution in [3.63, 3.8) is 0 Å². The molecule has 1 aliphatic heterocycles. The molecular formula is C16H13F3N2O5. The number of hydrogen-bond donors (Lipinski definition) is 0. The molecule has 0 bridgehead atoms. The average molecular weight is 370 g/mol. The highest BCUT2D eigenvalue weighted by atomic mass is 19.4. The van der Waals surface area contributed by atoms with Crippen molar-refractivity contribution in [1.82, 2.24) is 9.78 Å². The van der Waals surface area contributed by atoms with Crippen molar-refractivity contribution in [3.05, 3.63) is 41.7 Å². The number of carbonyl (C=O) groups excluding carboxylic acids is 2. The molecule has 1 fully saturated rings. The van der Waals surface area contributed by atoms with Gasteiger partial charge in [0.2, 0.25) is 11.8 Å². The highest BCUT2D eigenvalue weighted by Gasteiger charge is 2.33. The molecular weight excluding hydrogens is 357 g/mol. The molecule has 0 radical (unpaired) electrons. The first-order valence-corrected chi connectivity index (χ1v) is 7.48. The van der Waals surface area contributed by atoms with Crippen LogP contribution in [0.1, 0.15) is 22.5 Å². The molecule has 2 heterocycles. The zero-order valence-corrected chi connectivity index (χ0v) is 13.4. The van der Waals surface area contributed by atoms with E-state index in [4.69, 9.17) is 14.2 Å². The number of benzene rings is 1. The molecule has 2 aromatic rings. The van der Waals surface area contributed by atoms with Gasteiger partial charge in [-0.1, -0.05) is 6.07 Å². The van der Waals surface area contributed by atoms with Crippen LogP contribution in [0.2, 0.25) is 0 Å². The molecule has 0 spiro atoms. The van der Waals surface area contributed by atoms with E-state index in [0.717, 1.165) is 16.8 Å². The number of carbonyl (C=O) groups is 2. The highest BCUT2D eigenvalue weighted by Crippen LogP contribution is 2.31. The quantitative estimate of drug-likeness (QED) is 0.769. The Morgan fingerprint density at radius 3 is 2.77 bits per heavy atom. The molecule has 3 rings (SSSR count). The Hall–Kier alpha value is -3.04. The van der Waals surface area contributed by atoms with E-state index in [1.165, 1.54) is 25.4 Å². The van der Waals surface area contributed by atoms with Crippen molar-refractivity contribution in [2.75, 3.05) is 13.7 Å². The summed E-state index contributed by atoms with van der Waals surface area (Å²) in [6.07, 6.45) is -4.08. The molecule has 0 saturated carbocycles. The normalized spacial score (nSPS) is 17.1. The van der Waals surface area contributed by atoms with Crippen molar-refractivity contribution in [3.8, 4) is 11.4 Å². The molecule has 138 valence electrons. The van der Waals surface area contributed by atoms with Crippen LogP contribution < -0.4 is 4.74 Å². The topological polar surface area (TPSA) is 79.7 Å². The largest absolute Gasteiger partial charge is 0.493 e. The summed E-state index contributed by atoms with van der Waals surface area (Å²) < 4.78 is 54.4. The van der Waals surface area contributed by atoms with Crippen LogP contribution in [0.3, 0.4) is 0 Å². The number of halogens is 3. The second-order valence-corrected chi connectivity index (χ2v) is 5.39. The van der Waals surface area contributed by atoms with Gasteiger partial charge in [-0.3, -0.25) is 0 Å². The Balaban J connectivity index is 1.89. The lowest BCUT2D eigenvalue weighted by Crippen LogP contribution is -2.23. The van der Waals surface area contributed by atoms with Crippen LogP contribution >= 0.6 is 0 Å². The minimum atomic E-state index is -4.52. The molecule has 7 nitrogen and oxygen atoms in total. The van der Waals surface area contributed by atoms with Gasteiger partial charge in [0.25, 0.3) is 0 Å². The predicted molar refractivity (Wildman–Crippen MR) is 79.9 cm³/mol. The summed E-state index contributed by atoms with van der Waals surface area (Å²) in [5.74, 6) is -1.59. The molecule has 1 aromatic carbocycles. The van der Waals surface area contributed by atoms with Crippen LogP contribution in [0.25, 0.3) is 5.69 Å². The van der Waals surface area contributed by atoms with Crippen LogP contribution in [0, 0.1) is 0 Å². The second-order valence-electron chi connectivity index (χ2n) is 5.39. The zero-order valence-electron chi connectivity index (χ0n) is 13.4. The number of esters is 2. The van der Waals surface area contributed by atoms with Gasteiger partial charge in [0.1, 0.15) is 0 Å². The van der Waals surface area contributed by atoms with E-state index < -0.39 is 29.8 Å². The lowest BCUT2D eigenvalue weighted by molar-refractivity contribution is -0.145. The summed E-state index contributed by atoms with van der Waals surface area (Å²) in [6.45, 7) is 0.145. The van der Waals surface area contributed by atoms with E-state index in [-0.39, 0.29) is 30.2 Å². The molecule has 1 aromatic heterocycles. The maximum absolute atomic E-state index is 12.9. The van der Waals surface area contributed by atoms with Gasteiger partial charge < -0.3 is 14.2 Å². The van der Waals surface area contributed by atoms with Gasteiger partial charge in [0.05, 0.1) is 31.2 Å². The Bertz CT molecular complexity index is 847. The Labute approximate surface area is 145 Å². The lowest BCUT2D eigenvalue weighted by atomic mass is 10.2. The van der Waals surface area contributed by atoms with Crippen LogP contribution in [0.5, 0.6) is 5.75 Å². The first-order valence-electron chi connectivity index (χ1n) is 7.48. The maximum atomic E-state index is 12.9. The highest BCUT2D eigenvalue weighted by molar-refractivity contribution is 5.92. The van der Waals surface area contributed by atoms with Gasteiger partial charge in [0.15, 0.2) is 5.75 Å². The van der Waals surface area contributed by atoms with Gasteiger partial charge in [-0.25, -0.2) is 14.3 Å². The Morgan fingerprint density at radius 1 is 1.38 bits per heavy atom. The zero-order chi connectivity index (χ0) is 18.9. The molecule has 0 amide bonds. The monoisotopic (exact) mass is 370 g/mol. The molecule has 10 heteroatoms. The van der Waals surface area contributed by atoms with E-state index in [1.807, 2.05) is 0 Å². The SMILES string of the molecule is COc1cn(-c2cccc(C(F)(F)F)c2)nc1C(=O)O[C@@H]1CCOC1=O. The van der Waals surface area contributed by atoms with Gasteiger partial charge in [0, 0.05) is 6.42 Å². The molecule has 26 heavy (non-hydrogen) atoms. The van der Waals surface area contributed by atoms with Crippen molar-refractivity contribution >= 4 is 11.9 Å². The van der Waals surface area contributed by atoms with Gasteiger partial charge in [-0.2, -0.15) is 18.3 Å². The van der Waals surface area contributed by atoms with Gasteiger partial charge >= 0.3 is 18.1 Å². The van der Waals surface area contributed by atoms with Crippen molar-refractivity contribution < 1.29 is 37.0 Å². The van der Waals surface area contributed by atoms with Crippen LogP contribution in [0.15, 0.2) is 30.5 Å². The molecule has 0 N–H and O–H groups in total. The lowest BCUT2D eigenvalue weighted by Gasteiger charge is -2.08.